The average molecular weight is 644 g/mol. The lowest BCUT2D eigenvalue weighted by molar-refractivity contribution is 0.226. The number of hydrogen-bond donors (Lipinski definition) is 0. The highest BCUT2D eigenvalue weighted by Crippen LogP contribution is 2.43. The van der Waals surface area contributed by atoms with Gasteiger partial charge in [0.1, 0.15) is 0 Å². The molecule has 2 fully saturated rings. The molecule has 0 bridgehead atoms. The highest BCUT2D eigenvalue weighted by atomic mass is 15.2. The molecule has 0 atom stereocenters. The summed E-state index contributed by atoms with van der Waals surface area (Å²) in [7, 11) is 0. The second-order valence-corrected chi connectivity index (χ2v) is 13.8. The predicted molar refractivity (Wildman–Crippen MR) is 216 cm³/mol. The highest BCUT2D eigenvalue weighted by molar-refractivity contribution is 5.86. The molecule has 0 aromatic heterocycles. The van der Waals surface area contributed by atoms with Gasteiger partial charge in [0.15, 0.2) is 0 Å². The molecule has 0 radical (unpaired) electrons. The summed E-state index contributed by atoms with van der Waals surface area (Å²) in [6.07, 6.45) is 31.7. The van der Waals surface area contributed by atoms with Crippen LogP contribution in [0.5, 0.6) is 0 Å². The monoisotopic (exact) mass is 644 g/mol. The Bertz CT molecular complexity index is 1480. The molecule has 258 valence electrons. The molecule has 3 aromatic carbocycles. The van der Waals surface area contributed by atoms with Gasteiger partial charge < -0.3 is 4.90 Å². The van der Waals surface area contributed by atoms with Crippen LogP contribution in [0.25, 0.3) is 16.3 Å². The third-order valence-corrected chi connectivity index (χ3v) is 10.3. The molecule has 0 unspecified atom stereocenters. The lowest BCUT2D eigenvalue weighted by Crippen LogP contribution is -2.51. The average Bonchev–Trinajstić information content (AvgIpc) is 3.63. The first-order valence-corrected chi connectivity index (χ1v) is 19.2. The Labute approximate surface area is 295 Å². The Balaban J connectivity index is 0.00000118. The fraction of sp³-hybridized carbons (Fsp3) is 0.489. The number of hydrogen-bond acceptors (Lipinski definition) is 1. The first-order chi connectivity index (χ1) is 23.4. The Hall–Kier alpha value is -3.50. The van der Waals surface area contributed by atoms with Crippen molar-refractivity contribution in [2.45, 2.75) is 131 Å². The van der Waals surface area contributed by atoms with Crippen LogP contribution in [0.1, 0.15) is 129 Å². The minimum Gasteiger partial charge on any atom is -0.366 e. The number of benzene rings is 3. The molecule has 2 saturated carbocycles. The van der Waals surface area contributed by atoms with E-state index in [0.29, 0.717) is 5.92 Å². The van der Waals surface area contributed by atoms with E-state index in [1.54, 1.807) is 6.92 Å². The van der Waals surface area contributed by atoms with Crippen LogP contribution < -0.4 is 4.90 Å². The maximum Gasteiger partial charge on any atom is 0.0402 e. The van der Waals surface area contributed by atoms with E-state index < -0.39 is 0 Å². The molecular weight excluding hydrogens is 579 g/mol. The third kappa shape index (κ3) is 11.0. The van der Waals surface area contributed by atoms with Crippen LogP contribution in [0, 0.1) is 31.1 Å². The van der Waals surface area contributed by atoms with Gasteiger partial charge in [-0.25, -0.2) is 0 Å². The van der Waals surface area contributed by atoms with Crippen molar-refractivity contribution in [1.82, 2.24) is 0 Å². The summed E-state index contributed by atoms with van der Waals surface area (Å²) in [5.41, 5.74) is 7.12. The van der Waals surface area contributed by atoms with Gasteiger partial charge in [0, 0.05) is 17.8 Å². The Morgan fingerprint density at radius 1 is 0.896 bits per heavy atom. The van der Waals surface area contributed by atoms with Gasteiger partial charge in [-0.05, 0) is 117 Å². The zero-order valence-corrected chi connectivity index (χ0v) is 31.5. The number of anilines is 1. The van der Waals surface area contributed by atoms with E-state index in [1.807, 2.05) is 13.8 Å². The Kier molecular flexibility index (Phi) is 16.9. The van der Waals surface area contributed by atoms with E-state index in [2.05, 4.69) is 136 Å². The van der Waals surface area contributed by atoms with Gasteiger partial charge >= 0.3 is 0 Å². The summed E-state index contributed by atoms with van der Waals surface area (Å²) in [5.74, 6) is 3.79. The van der Waals surface area contributed by atoms with Crippen molar-refractivity contribution in [1.29, 1.82) is 0 Å². The summed E-state index contributed by atoms with van der Waals surface area (Å²) >= 11 is 0. The van der Waals surface area contributed by atoms with E-state index >= 15 is 0 Å². The van der Waals surface area contributed by atoms with Crippen molar-refractivity contribution in [3.8, 4) is 12.3 Å². The molecular formula is C47H65N. The van der Waals surface area contributed by atoms with Gasteiger partial charge in [0.2, 0.25) is 0 Å². The molecule has 1 heteroatoms. The zero-order chi connectivity index (χ0) is 34.8. The van der Waals surface area contributed by atoms with Gasteiger partial charge in [-0.1, -0.05) is 144 Å². The van der Waals surface area contributed by atoms with E-state index in [-0.39, 0.29) is 5.54 Å². The van der Waals surface area contributed by atoms with Crippen LogP contribution in [-0.4, -0.2) is 12.1 Å². The molecule has 48 heavy (non-hydrogen) atoms. The summed E-state index contributed by atoms with van der Waals surface area (Å²) in [5, 5.41) is 2.80. The van der Waals surface area contributed by atoms with Gasteiger partial charge in [-0.3, -0.25) is 0 Å². The molecule has 2 aliphatic carbocycles. The van der Waals surface area contributed by atoms with E-state index in [0.717, 1.165) is 12.5 Å². The first-order valence-electron chi connectivity index (χ1n) is 19.2. The minimum atomic E-state index is 0.256. The maximum absolute atomic E-state index is 4.60. The molecule has 5 rings (SSSR count). The van der Waals surface area contributed by atoms with Gasteiger partial charge in [-0.2, -0.15) is 0 Å². The van der Waals surface area contributed by atoms with Crippen molar-refractivity contribution < 1.29 is 0 Å². The number of nitrogens with zero attached hydrogens (tertiary/aromatic N) is 1. The molecule has 0 saturated heterocycles. The van der Waals surface area contributed by atoms with E-state index in [1.165, 1.54) is 116 Å². The minimum absolute atomic E-state index is 0.256. The second-order valence-electron chi connectivity index (χ2n) is 13.8. The Morgan fingerprint density at radius 3 is 2.17 bits per heavy atom. The van der Waals surface area contributed by atoms with Crippen molar-refractivity contribution in [3.05, 3.63) is 108 Å². The molecule has 0 aliphatic heterocycles. The SMILES string of the molecule is C#CC.C/C=C/C=C(\C=C/C1CCC(CCC)(N(CCC)c2ccc3cc(CC4CCCC4)ccc3c2)CC1)c1ccc(C)cc1.CC. The molecule has 1 nitrogen and oxygen atoms in total. The third-order valence-electron chi connectivity index (χ3n) is 10.3. The van der Waals surface area contributed by atoms with Gasteiger partial charge in [0.25, 0.3) is 0 Å². The summed E-state index contributed by atoms with van der Waals surface area (Å²) < 4.78 is 0. The normalized spacial score (nSPS) is 19.9. The quantitative estimate of drug-likeness (QED) is 0.140. The molecule has 0 amide bonds. The summed E-state index contributed by atoms with van der Waals surface area (Å²) in [6.45, 7) is 15.8. The van der Waals surface area contributed by atoms with E-state index in [9.17, 15) is 0 Å². The standard InChI is InChI=1S/C42H55N.C3H4.C2H6/c1-5-8-13-37(38-18-14-33(4)15-19-38)20-16-34-24-27-42(26-6-2,28-25-34)43(29-7-3)41-23-22-39-31-36(17-21-40(39)32-41)30-35-11-9-10-12-35;1-3-2;1-2/h5,8,13-23,31-32,34-35H,6-7,9-12,24-30H2,1-4H3;1H,2H3;1-2H3/b8-5+,20-16-,37-13+;;. The zero-order valence-electron chi connectivity index (χ0n) is 31.5. The largest absolute Gasteiger partial charge is 0.366 e. The second kappa shape index (κ2) is 20.8. The van der Waals surface area contributed by atoms with Crippen molar-refractivity contribution in [2.75, 3.05) is 11.4 Å². The van der Waals surface area contributed by atoms with Crippen molar-refractivity contribution in [2.24, 2.45) is 11.8 Å². The van der Waals surface area contributed by atoms with Crippen molar-refractivity contribution in [3.63, 3.8) is 0 Å². The van der Waals surface area contributed by atoms with Crippen LogP contribution in [0.3, 0.4) is 0 Å². The number of allylic oxidation sites excluding steroid dienone is 6. The molecule has 3 aromatic rings. The van der Waals surface area contributed by atoms with Crippen LogP contribution in [0.4, 0.5) is 5.69 Å². The van der Waals surface area contributed by atoms with Crippen LogP contribution in [0.2, 0.25) is 0 Å². The summed E-state index contributed by atoms with van der Waals surface area (Å²) in [4.78, 5) is 2.83. The molecule has 0 N–H and O–H groups in total. The topological polar surface area (TPSA) is 3.24 Å². The molecule has 2 aliphatic rings. The smallest absolute Gasteiger partial charge is 0.0402 e. The predicted octanol–water partition coefficient (Wildman–Crippen LogP) is 13.7. The lowest BCUT2D eigenvalue weighted by Gasteiger charge is -2.49. The Morgan fingerprint density at radius 2 is 1.54 bits per heavy atom. The van der Waals surface area contributed by atoms with Crippen LogP contribution in [-0.2, 0) is 6.42 Å². The van der Waals surface area contributed by atoms with Crippen LogP contribution >= 0.6 is 0 Å². The van der Waals surface area contributed by atoms with E-state index in [4.69, 9.17) is 0 Å². The fourth-order valence-corrected chi connectivity index (χ4v) is 7.91. The first kappa shape index (κ1) is 38.9. The number of terminal acetylenes is 1. The van der Waals surface area contributed by atoms with Gasteiger partial charge in [-0.15, -0.1) is 12.3 Å². The highest BCUT2D eigenvalue weighted by Gasteiger charge is 2.39. The number of aryl methyl sites for hydroxylation is 1. The molecule has 0 heterocycles. The maximum atomic E-state index is 4.60. The lowest BCUT2D eigenvalue weighted by atomic mass is 9.72. The van der Waals surface area contributed by atoms with Crippen molar-refractivity contribution >= 4 is 22.0 Å². The number of rotatable bonds is 12. The molecule has 0 spiro atoms. The van der Waals surface area contributed by atoms with Gasteiger partial charge in [0.05, 0.1) is 0 Å². The number of fused-ring (bicyclic) bond motifs is 1. The van der Waals surface area contributed by atoms with Crippen LogP contribution in [0.15, 0.2) is 91.0 Å². The fourth-order valence-electron chi connectivity index (χ4n) is 7.91. The summed E-state index contributed by atoms with van der Waals surface area (Å²) in [6, 6.07) is 23.6.